The highest BCUT2D eigenvalue weighted by Crippen LogP contribution is 2.39. The van der Waals surface area contributed by atoms with E-state index >= 15 is 0 Å². The summed E-state index contributed by atoms with van der Waals surface area (Å²) in [6.07, 6.45) is 3.33. The van der Waals surface area contributed by atoms with Gasteiger partial charge in [0, 0.05) is 11.6 Å². The number of rotatable bonds is 4. The number of benzene rings is 1. The molecule has 3 nitrogen and oxygen atoms in total. The van der Waals surface area contributed by atoms with Crippen LogP contribution < -0.4 is 14.8 Å². The maximum atomic E-state index is 5.55. The van der Waals surface area contributed by atoms with Crippen LogP contribution >= 0.6 is 0 Å². The first-order chi connectivity index (χ1) is 8.74. The molecule has 0 radical (unpaired) electrons. The van der Waals surface area contributed by atoms with E-state index in [1.807, 2.05) is 6.07 Å². The van der Waals surface area contributed by atoms with Crippen molar-refractivity contribution in [3.63, 3.8) is 0 Å². The maximum absolute atomic E-state index is 5.55. The van der Waals surface area contributed by atoms with Crippen LogP contribution in [-0.2, 0) is 12.8 Å². The predicted molar refractivity (Wildman–Crippen MR) is 73.6 cm³/mol. The average Bonchev–Trinajstić information content (AvgIpc) is 2.44. The Kier molecular flexibility index (Phi) is 4.12. The summed E-state index contributed by atoms with van der Waals surface area (Å²) in [5.74, 6) is 2.43. The zero-order chi connectivity index (χ0) is 13.1. The van der Waals surface area contributed by atoms with Gasteiger partial charge in [-0.15, -0.1) is 0 Å². The Bertz CT molecular complexity index is 417. The highest BCUT2D eigenvalue weighted by atomic mass is 16.5. The molecule has 1 aliphatic rings. The molecule has 0 saturated carbocycles. The molecule has 18 heavy (non-hydrogen) atoms. The first-order valence-corrected chi connectivity index (χ1v) is 6.65. The fourth-order valence-electron chi connectivity index (χ4n) is 3.02. The molecule has 1 aliphatic carbocycles. The van der Waals surface area contributed by atoms with Gasteiger partial charge in [-0.05, 0) is 37.4 Å². The third-order valence-corrected chi connectivity index (χ3v) is 4.12. The summed E-state index contributed by atoms with van der Waals surface area (Å²) in [6.45, 7) is 2.26. The van der Waals surface area contributed by atoms with Crippen LogP contribution in [0.25, 0.3) is 0 Å². The van der Waals surface area contributed by atoms with Gasteiger partial charge in [0.1, 0.15) is 0 Å². The van der Waals surface area contributed by atoms with Crippen LogP contribution in [0.1, 0.15) is 24.5 Å². The van der Waals surface area contributed by atoms with Gasteiger partial charge in [-0.2, -0.15) is 0 Å². The molecule has 0 bridgehead atoms. The quantitative estimate of drug-likeness (QED) is 0.889. The van der Waals surface area contributed by atoms with E-state index in [1.54, 1.807) is 14.2 Å². The normalized spacial score (nSPS) is 22.4. The Hall–Kier alpha value is -1.22. The second kappa shape index (κ2) is 5.61. The maximum Gasteiger partial charge on any atom is 0.164 e. The summed E-state index contributed by atoms with van der Waals surface area (Å²) < 4.78 is 10.9. The second-order valence-corrected chi connectivity index (χ2v) is 4.91. The van der Waals surface area contributed by atoms with Crippen molar-refractivity contribution in [3.8, 4) is 11.5 Å². The Morgan fingerprint density at radius 3 is 2.56 bits per heavy atom. The van der Waals surface area contributed by atoms with E-state index in [1.165, 1.54) is 17.5 Å². The molecule has 2 rings (SSSR count). The molecular weight excluding hydrogens is 226 g/mol. The third-order valence-electron chi connectivity index (χ3n) is 4.12. The molecule has 0 unspecified atom stereocenters. The summed E-state index contributed by atoms with van der Waals surface area (Å²) in [5.41, 5.74) is 2.71. The van der Waals surface area contributed by atoms with Crippen molar-refractivity contribution >= 4 is 0 Å². The van der Waals surface area contributed by atoms with Crippen molar-refractivity contribution in [2.75, 3.05) is 21.3 Å². The van der Waals surface area contributed by atoms with Crippen LogP contribution in [0.5, 0.6) is 11.5 Å². The number of nitrogens with one attached hydrogen (secondary N) is 1. The summed E-state index contributed by atoms with van der Waals surface area (Å²) in [5, 5.41) is 3.44. The largest absolute Gasteiger partial charge is 0.493 e. The number of likely N-dealkylation sites (N-methyl/N-ethyl adjacent to an activating group) is 1. The lowest BCUT2D eigenvalue weighted by Crippen LogP contribution is -2.39. The van der Waals surface area contributed by atoms with Gasteiger partial charge in [-0.25, -0.2) is 0 Å². The topological polar surface area (TPSA) is 30.5 Å². The molecule has 0 saturated heterocycles. The van der Waals surface area contributed by atoms with Crippen LogP contribution in [0, 0.1) is 5.92 Å². The van der Waals surface area contributed by atoms with Crippen LogP contribution in [0.2, 0.25) is 0 Å². The van der Waals surface area contributed by atoms with Crippen LogP contribution in [-0.4, -0.2) is 27.3 Å². The van der Waals surface area contributed by atoms with Crippen molar-refractivity contribution in [2.45, 2.75) is 32.2 Å². The Balaban J connectivity index is 2.42. The number of methoxy groups -OCH3 is 2. The summed E-state index contributed by atoms with van der Waals surface area (Å²) in [4.78, 5) is 0. The first kappa shape index (κ1) is 13.2. The van der Waals surface area contributed by atoms with Crippen LogP contribution in [0.3, 0.4) is 0 Å². The van der Waals surface area contributed by atoms with E-state index in [2.05, 4.69) is 25.4 Å². The fraction of sp³-hybridized carbons (Fsp3) is 0.600. The lowest BCUT2D eigenvalue weighted by Gasteiger charge is -2.33. The number of hydrogen-bond donors (Lipinski definition) is 1. The minimum absolute atomic E-state index is 0.570. The van der Waals surface area contributed by atoms with Gasteiger partial charge >= 0.3 is 0 Å². The Labute approximate surface area is 109 Å². The highest BCUT2D eigenvalue weighted by Gasteiger charge is 2.29. The van der Waals surface area contributed by atoms with Gasteiger partial charge in [-0.3, -0.25) is 0 Å². The lowest BCUT2D eigenvalue weighted by atomic mass is 9.78. The summed E-state index contributed by atoms with van der Waals surface area (Å²) >= 11 is 0. The van der Waals surface area contributed by atoms with Crippen LogP contribution in [0.4, 0.5) is 0 Å². The molecule has 0 aliphatic heterocycles. The second-order valence-electron chi connectivity index (χ2n) is 4.91. The molecule has 0 fully saturated rings. The van der Waals surface area contributed by atoms with Crippen molar-refractivity contribution < 1.29 is 9.47 Å². The fourth-order valence-corrected chi connectivity index (χ4v) is 3.02. The molecule has 1 N–H and O–H groups in total. The zero-order valence-corrected chi connectivity index (χ0v) is 11.7. The Morgan fingerprint density at radius 2 is 2.00 bits per heavy atom. The van der Waals surface area contributed by atoms with E-state index < -0.39 is 0 Å². The number of ether oxygens (including phenoxy) is 2. The smallest absolute Gasteiger partial charge is 0.164 e. The van der Waals surface area contributed by atoms with E-state index in [9.17, 15) is 0 Å². The van der Waals surface area contributed by atoms with Crippen LogP contribution in [0.15, 0.2) is 12.1 Å². The molecule has 3 heteroatoms. The number of hydrogen-bond acceptors (Lipinski definition) is 3. The van der Waals surface area contributed by atoms with Crippen molar-refractivity contribution in [1.82, 2.24) is 5.32 Å². The van der Waals surface area contributed by atoms with E-state index in [4.69, 9.17) is 9.47 Å². The van der Waals surface area contributed by atoms with Gasteiger partial charge in [-0.1, -0.05) is 19.4 Å². The summed E-state index contributed by atoms with van der Waals surface area (Å²) in [6, 6.07) is 4.75. The van der Waals surface area contributed by atoms with Gasteiger partial charge in [0.15, 0.2) is 11.5 Å². The first-order valence-electron chi connectivity index (χ1n) is 6.65. The molecule has 0 heterocycles. The molecule has 2 atom stereocenters. The molecular formula is C15H23NO2. The minimum atomic E-state index is 0.570. The minimum Gasteiger partial charge on any atom is -0.493 e. The van der Waals surface area contributed by atoms with Gasteiger partial charge in [0.2, 0.25) is 0 Å². The average molecular weight is 249 g/mol. The molecule has 0 aromatic heterocycles. The molecule has 0 spiro atoms. The number of fused-ring (bicyclic) bond motifs is 1. The SMILES string of the molecule is CC[C@@H]1Cc2c(ccc(OC)c2OC)C[C@H]1NC. The van der Waals surface area contributed by atoms with E-state index in [0.717, 1.165) is 24.3 Å². The van der Waals surface area contributed by atoms with Gasteiger partial charge < -0.3 is 14.8 Å². The summed E-state index contributed by atoms with van der Waals surface area (Å²) in [7, 11) is 5.48. The van der Waals surface area contributed by atoms with Crippen molar-refractivity contribution in [1.29, 1.82) is 0 Å². The van der Waals surface area contributed by atoms with E-state index in [-0.39, 0.29) is 0 Å². The van der Waals surface area contributed by atoms with Gasteiger partial charge in [0.25, 0.3) is 0 Å². The van der Waals surface area contributed by atoms with Crippen molar-refractivity contribution in [3.05, 3.63) is 23.3 Å². The molecule has 0 amide bonds. The molecule has 100 valence electrons. The molecule has 1 aromatic rings. The van der Waals surface area contributed by atoms with E-state index in [0.29, 0.717) is 12.0 Å². The van der Waals surface area contributed by atoms with Gasteiger partial charge in [0.05, 0.1) is 14.2 Å². The third kappa shape index (κ3) is 2.19. The van der Waals surface area contributed by atoms with Crippen molar-refractivity contribution in [2.24, 2.45) is 5.92 Å². The highest BCUT2D eigenvalue weighted by molar-refractivity contribution is 5.52. The lowest BCUT2D eigenvalue weighted by molar-refractivity contribution is 0.316. The monoisotopic (exact) mass is 249 g/mol. The zero-order valence-electron chi connectivity index (χ0n) is 11.7. The molecule has 1 aromatic carbocycles. The Morgan fingerprint density at radius 1 is 1.22 bits per heavy atom. The standard InChI is InChI=1S/C15H23NO2/c1-5-10-8-12-11(9-13(10)16-2)6-7-14(17-3)15(12)18-4/h6-7,10,13,16H,5,8-9H2,1-4H3/t10-,13-/m1/s1. The predicted octanol–water partition coefficient (Wildman–Crippen LogP) is 2.42.